The van der Waals surface area contributed by atoms with Gasteiger partial charge in [-0.3, -0.25) is 0 Å². The summed E-state index contributed by atoms with van der Waals surface area (Å²) in [5.74, 6) is -1.59. The monoisotopic (exact) mass is 482 g/mol. The van der Waals surface area contributed by atoms with Crippen LogP contribution in [0.15, 0.2) is 109 Å². The van der Waals surface area contributed by atoms with Crippen molar-refractivity contribution in [2.75, 3.05) is 6.16 Å². The third-order valence-electron chi connectivity index (χ3n) is 5.31. The van der Waals surface area contributed by atoms with Crippen molar-refractivity contribution in [3.8, 4) is 0 Å². The molecule has 0 bridgehead atoms. The van der Waals surface area contributed by atoms with Gasteiger partial charge in [0.25, 0.3) is 0 Å². The lowest BCUT2D eigenvalue weighted by atomic mass is 10.2. The van der Waals surface area contributed by atoms with Crippen LogP contribution in [0.5, 0.6) is 0 Å². The van der Waals surface area contributed by atoms with Crippen molar-refractivity contribution >= 4 is 23.2 Å². The van der Waals surface area contributed by atoms with Crippen molar-refractivity contribution in [1.82, 2.24) is 0 Å². The zero-order chi connectivity index (χ0) is 20.1. The van der Waals surface area contributed by atoms with Crippen LogP contribution in [0.2, 0.25) is 0 Å². The number of aryl methyl sites for hydroxylation is 1. The molecule has 0 aromatic heterocycles. The highest BCUT2D eigenvalue weighted by atomic mass is 79.9. The van der Waals surface area contributed by atoms with E-state index in [-0.39, 0.29) is 17.0 Å². The van der Waals surface area contributed by atoms with Gasteiger partial charge in [-0.2, -0.15) is 0 Å². The Morgan fingerprint density at radius 1 is 0.533 bits per heavy atom. The fourth-order valence-corrected chi connectivity index (χ4v) is 8.18. The predicted octanol–water partition coefficient (Wildman–Crippen LogP) is 2.51. The highest BCUT2D eigenvalue weighted by Crippen LogP contribution is 2.55. The fourth-order valence-electron chi connectivity index (χ4n) is 3.87. The summed E-state index contributed by atoms with van der Waals surface area (Å²) in [5, 5.41) is 3.87. The molecule has 4 rings (SSSR count). The van der Waals surface area contributed by atoms with Gasteiger partial charge in [0.05, 0.1) is 6.16 Å². The second-order valence-corrected chi connectivity index (χ2v) is 10.7. The van der Waals surface area contributed by atoms with Crippen molar-refractivity contribution in [2.45, 2.75) is 6.42 Å². The number of rotatable bonds is 6. The maximum absolute atomic E-state index is 13.8. The molecule has 30 heavy (non-hydrogen) atoms. The van der Waals surface area contributed by atoms with Crippen LogP contribution in [0.25, 0.3) is 0 Å². The lowest BCUT2D eigenvalue weighted by Crippen LogP contribution is -3.00. The lowest BCUT2D eigenvalue weighted by Gasteiger charge is -2.27. The van der Waals surface area contributed by atoms with E-state index in [1.54, 1.807) is 6.07 Å². The molecule has 0 fully saturated rings. The van der Waals surface area contributed by atoms with Crippen LogP contribution >= 0.6 is 7.26 Å². The Hall–Kier alpha value is -2.35. The topological polar surface area (TPSA) is 0 Å². The van der Waals surface area contributed by atoms with E-state index in [2.05, 4.69) is 72.8 Å². The third kappa shape index (κ3) is 4.53. The Morgan fingerprint density at radius 2 is 0.967 bits per heavy atom. The van der Waals surface area contributed by atoms with Gasteiger partial charge < -0.3 is 17.0 Å². The summed E-state index contributed by atoms with van der Waals surface area (Å²) in [5.41, 5.74) is 0.816. The molecule has 0 saturated heterocycles. The summed E-state index contributed by atoms with van der Waals surface area (Å²) < 4.78 is 27.2. The van der Waals surface area contributed by atoms with Crippen LogP contribution in [-0.4, -0.2) is 6.16 Å². The van der Waals surface area contributed by atoms with E-state index in [4.69, 9.17) is 0 Å². The Balaban J connectivity index is 0.00000256. The van der Waals surface area contributed by atoms with Gasteiger partial charge in [-0.15, -0.1) is 0 Å². The number of hydrogen-bond acceptors (Lipinski definition) is 0. The summed E-state index contributed by atoms with van der Waals surface area (Å²) >= 11 is 0. The largest absolute Gasteiger partial charge is 1.00 e. The summed E-state index contributed by atoms with van der Waals surface area (Å²) in [7, 11) is -1.96. The minimum Gasteiger partial charge on any atom is -1.00 e. The second-order valence-electron chi connectivity index (χ2n) is 7.04. The Morgan fingerprint density at radius 3 is 1.37 bits per heavy atom. The van der Waals surface area contributed by atoms with Crippen LogP contribution in [0.4, 0.5) is 8.78 Å². The molecule has 0 radical (unpaired) electrons. The van der Waals surface area contributed by atoms with E-state index >= 15 is 0 Å². The minimum atomic E-state index is -1.96. The van der Waals surface area contributed by atoms with Gasteiger partial charge >= 0.3 is 0 Å². The van der Waals surface area contributed by atoms with Crippen molar-refractivity contribution in [1.29, 1.82) is 0 Å². The highest BCUT2D eigenvalue weighted by molar-refractivity contribution is 7.95. The van der Waals surface area contributed by atoms with Crippen LogP contribution in [0.1, 0.15) is 5.56 Å². The van der Waals surface area contributed by atoms with E-state index < -0.39 is 18.9 Å². The number of benzene rings is 4. The van der Waals surface area contributed by atoms with E-state index in [0.717, 1.165) is 11.7 Å². The molecule has 0 heterocycles. The standard InChI is InChI=1S/C26H22F2P.BrH/c27-25-17-16-21(20-26(25)28)18-19-29(22-10-4-1-5-11-22,23-12-6-2-7-13-23)24-14-8-3-9-15-24;/h1-17,20H,18-19H2;1H/q+1;/p-1. The maximum atomic E-state index is 13.8. The quantitative estimate of drug-likeness (QED) is 0.370. The summed E-state index contributed by atoms with van der Waals surface area (Å²) in [4.78, 5) is 0. The SMILES string of the molecule is Fc1ccc(CC[P+](c2ccccc2)(c2ccccc2)c2ccccc2)cc1F.[Br-]. The molecule has 0 spiro atoms. The van der Waals surface area contributed by atoms with Gasteiger partial charge in [-0.25, -0.2) is 8.78 Å². The molecule has 4 aromatic carbocycles. The van der Waals surface area contributed by atoms with E-state index in [9.17, 15) is 8.78 Å². The van der Waals surface area contributed by atoms with Crippen molar-refractivity contribution in [2.24, 2.45) is 0 Å². The first-order chi connectivity index (χ1) is 14.2. The van der Waals surface area contributed by atoms with E-state index in [1.165, 1.54) is 28.0 Å². The van der Waals surface area contributed by atoms with Crippen molar-refractivity contribution < 1.29 is 25.8 Å². The predicted molar refractivity (Wildman–Crippen MR) is 120 cm³/mol. The molecule has 152 valence electrons. The van der Waals surface area contributed by atoms with Crippen LogP contribution in [-0.2, 0) is 6.42 Å². The number of halogens is 3. The number of hydrogen-bond donors (Lipinski definition) is 0. The molecule has 0 saturated carbocycles. The zero-order valence-corrected chi connectivity index (χ0v) is 18.9. The average molecular weight is 483 g/mol. The van der Waals surface area contributed by atoms with Gasteiger partial charge in [0.2, 0.25) is 0 Å². The van der Waals surface area contributed by atoms with Crippen LogP contribution in [0.3, 0.4) is 0 Å². The first-order valence-electron chi connectivity index (χ1n) is 9.69. The highest BCUT2D eigenvalue weighted by Gasteiger charge is 2.44. The molecule has 4 aromatic rings. The summed E-state index contributed by atoms with van der Waals surface area (Å²) in [6, 6.07) is 35.9. The minimum absolute atomic E-state index is 0. The van der Waals surface area contributed by atoms with Crippen LogP contribution < -0.4 is 32.9 Å². The van der Waals surface area contributed by atoms with Crippen molar-refractivity contribution in [3.63, 3.8) is 0 Å². The molecule has 0 aliphatic rings. The first-order valence-corrected chi connectivity index (χ1v) is 11.7. The molecule has 0 unspecified atom stereocenters. The van der Waals surface area contributed by atoms with E-state index in [0.29, 0.717) is 6.42 Å². The fraction of sp³-hybridized carbons (Fsp3) is 0.0769. The molecule has 0 aliphatic carbocycles. The van der Waals surface area contributed by atoms with Gasteiger partial charge in [0.1, 0.15) is 23.2 Å². The Labute approximate surface area is 187 Å². The lowest BCUT2D eigenvalue weighted by molar-refractivity contribution is -0.00000669. The molecule has 0 nitrogen and oxygen atoms in total. The molecule has 0 atom stereocenters. The molecule has 0 amide bonds. The zero-order valence-electron chi connectivity index (χ0n) is 16.4. The van der Waals surface area contributed by atoms with Gasteiger partial charge in [-0.05, 0) is 54.1 Å². The molecular formula is C26H22BrF2P. The Kier molecular flexibility index (Phi) is 7.53. The van der Waals surface area contributed by atoms with Gasteiger partial charge in [0.15, 0.2) is 11.6 Å². The smallest absolute Gasteiger partial charge is 0.159 e. The van der Waals surface area contributed by atoms with Gasteiger partial charge in [-0.1, -0.05) is 60.7 Å². The molecular weight excluding hydrogens is 461 g/mol. The second kappa shape index (κ2) is 10.1. The third-order valence-corrected chi connectivity index (χ3v) is 9.74. The van der Waals surface area contributed by atoms with Crippen molar-refractivity contribution in [3.05, 3.63) is 126 Å². The Bertz CT molecular complexity index is 973. The summed E-state index contributed by atoms with van der Waals surface area (Å²) in [6.45, 7) is 0. The van der Waals surface area contributed by atoms with Gasteiger partial charge in [0, 0.05) is 6.42 Å². The first kappa shape index (κ1) is 22.3. The maximum Gasteiger partial charge on any atom is 0.159 e. The average Bonchev–Trinajstić information content (AvgIpc) is 2.79. The normalized spacial score (nSPS) is 11.0. The molecule has 4 heteroatoms. The van der Waals surface area contributed by atoms with Crippen LogP contribution in [0, 0.1) is 11.6 Å². The molecule has 0 aliphatic heterocycles. The molecule has 0 N–H and O–H groups in total. The van der Waals surface area contributed by atoms with E-state index in [1.807, 2.05) is 18.2 Å². The summed E-state index contributed by atoms with van der Waals surface area (Å²) in [6.07, 6.45) is 1.51.